The average molecular weight is 199 g/mol. The van der Waals surface area contributed by atoms with E-state index < -0.39 is 0 Å². The van der Waals surface area contributed by atoms with Gasteiger partial charge in [0.25, 0.3) is 0 Å². The van der Waals surface area contributed by atoms with E-state index in [0.717, 1.165) is 13.0 Å². The highest BCUT2D eigenvalue weighted by atomic mass is 16.3. The minimum Gasteiger partial charge on any atom is -0.392 e. The van der Waals surface area contributed by atoms with Crippen molar-refractivity contribution in [3.8, 4) is 0 Å². The summed E-state index contributed by atoms with van der Waals surface area (Å²) in [7, 11) is 0. The Morgan fingerprint density at radius 2 is 1.93 bits per heavy atom. The number of aliphatic hydroxyl groups is 1. The number of nitrogens with one attached hydrogen (secondary N) is 1. The second-order valence-corrected chi connectivity index (χ2v) is 4.68. The molecule has 0 aromatic rings. The van der Waals surface area contributed by atoms with Crippen LogP contribution in [-0.4, -0.2) is 23.8 Å². The van der Waals surface area contributed by atoms with Crippen molar-refractivity contribution in [2.75, 3.05) is 6.54 Å². The molecular weight excluding hydrogens is 174 g/mol. The molecule has 1 aliphatic rings. The molecule has 0 aromatic carbocycles. The Morgan fingerprint density at radius 3 is 2.50 bits per heavy atom. The molecule has 1 aliphatic carbocycles. The molecule has 2 nitrogen and oxygen atoms in total. The summed E-state index contributed by atoms with van der Waals surface area (Å²) in [6.45, 7) is 5.12. The summed E-state index contributed by atoms with van der Waals surface area (Å²) < 4.78 is 0. The first-order valence-electron chi connectivity index (χ1n) is 6.15. The van der Waals surface area contributed by atoms with Crippen LogP contribution in [0.2, 0.25) is 0 Å². The Labute approximate surface area is 88.1 Å². The predicted molar refractivity (Wildman–Crippen MR) is 60.3 cm³/mol. The van der Waals surface area contributed by atoms with Crippen molar-refractivity contribution >= 4 is 0 Å². The van der Waals surface area contributed by atoms with Crippen LogP contribution in [0.15, 0.2) is 0 Å². The number of aliphatic hydroxyl groups excluding tert-OH is 1. The lowest BCUT2D eigenvalue weighted by atomic mass is 9.85. The molecule has 0 amide bonds. The maximum atomic E-state index is 9.96. The zero-order valence-electron chi connectivity index (χ0n) is 9.63. The Bertz CT molecular complexity index is 143. The van der Waals surface area contributed by atoms with Gasteiger partial charge in [-0.05, 0) is 32.1 Å². The van der Waals surface area contributed by atoms with Gasteiger partial charge in [0.2, 0.25) is 0 Å². The summed E-state index contributed by atoms with van der Waals surface area (Å²) in [6, 6.07) is 0.535. The second-order valence-electron chi connectivity index (χ2n) is 4.68. The quantitative estimate of drug-likeness (QED) is 0.712. The van der Waals surface area contributed by atoms with Crippen molar-refractivity contribution in [2.24, 2.45) is 5.92 Å². The van der Waals surface area contributed by atoms with E-state index in [1.54, 1.807) is 0 Å². The van der Waals surface area contributed by atoms with Crippen LogP contribution >= 0.6 is 0 Å². The van der Waals surface area contributed by atoms with E-state index in [-0.39, 0.29) is 6.10 Å². The third kappa shape index (κ3) is 3.97. The van der Waals surface area contributed by atoms with E-state index in [0.29, 0.717) is 12.0 Å². The van der Waals surface area contributed by atoms with Gasteiger partial charge in [-0.1, -0.05) is 26.2 Å². The summed E-state index contributed by atoms with van der Waals surface area (Å²) in [5.41, 5.74) is 0. The Morgan fingerprint density at radius 1 is 1.29 bits per heavy atom. The van der Waals surface area contributed by atoms with Crippen molar-refractivity contribution in [2.45, 2.75) is 64.5 Å². The highest BCUT2D eigenvalue weighted by molar-refractivity contribution is 4.75. The molecule has 1 fully saturated rings. The van der Waals surface area contributed by atoms with Crippen molar-refractivity contribution in [1.29, 1.82) is 0 Å². The van der Waals surface area contributed by atoms with Crippen LogP contribution in [0.4, 0.5) is 0 Å². The van der Waals surface area contributed by atoms with Gasteiger partial charge in [-0.25, -0.2) is 0 Å². The summed E-state index contributed by atoms with van der Waals surface area (Å²) in [4.78, 5) is 0. The van der Waals surface area contributed by atoms with E-state index in [1.165, 1.54) is 32.1 Å². The molecule has 2 unspecified atom stereocenters. The molecule has 1 rings (SSSR count). The van der Waals surface area contributed by atoms with Crippen LogP contribution in [0.25, 0.3) is 0 Å². The van der Waals surface area contributed by atoms with Crippen LogP contribution in [-0.2, 0) is 0 Å². The molecule has 0 radical (unpaired) electrons. The highest BCUT2D eigenvalue weighted by Gasteiger charge is 2.21. The summed E-state index contributed by atoms with van der Waals surface area (Å²) >= 11 is 0. The molecule has 84 valence electrons. The smallest absolute Gasteiger partial charge is 0.0692 e. The monoisotopic (exact) mass is 199 g/mol. The minimum atomic E-state index is -0.121. The molecule has 0 aromatic heterocycles. The maximum absolute atomic E-state index is 9.96. The number of hydrogen-bond donors (Lipinski definition) is 2. The van der Waals surface area contributed by atoms with Crippen LogP contribution in [0.3, 0.4) is 0 Å². The van der Waals surface area contributed by atoms with E-state index >= 15 is 0 Å². The molecule has 2 N–H and O–H groups in total. The molecule has 0 heterocycles. The summed E-state index contributed by atoms with van der Waals surface area (Å²) in [6.07, 6.45) is 7.45. The fraction of sp³-hybridized carbons (Fsp3) is 1.00. The van der Waals surface area contributed by atoms with E-state index in [2.05, 4.69) is 19.2 Å². The molecule has 2 heteroatoms. The lowest BCUT2D eigenvalue weighted by Crippen LogP contribution is -2.37. The van der Waals surface area contributed by atoms with E-state index in [9.17, 15) is 5.11 Å². The lowest BCUT2D eigenvalue weighted by molar-refractivity contribution is 0.0818. The minimum absolute atomic E-state index is 0.121. The van der Waals surface area contributed by atoms with Crippen LogP contribution in [0.1, 0.15) is 52.4 Å². The largest absolute Gasteiger partial charge is 0.392 e. The van der Waals surface area contributed by atoms with Crippen molar-refractivity contribution < 1.29 is 5.11 Å². The molecule has 0 aliphatic heterocycles. The lowest BCUT2D eigenvalue weighted by Gasteiger charge is -2.27. The third-order valence-electron chi connectivity index (χ3n) is 3.48. The maximum Gasteiger partial charge on any atom is 0.0692 e. The van der Waals surface area contributed by atoms with Gasteiger partial charge in [0.1, 0.15) is 0 Å². The number of hydrogen-bond acceptors (Lipinski definition) is 2. The van der Waals surface area contributed by atoms with Crippen LogP contribution in [0.5, 0.6) is 0 Å². The zero-order valence-corrected chi connectivity index (χ0v) is 9.63. The molecular formula is C12H25NO. The Balaban J connectivity index is 2.16. The fourth-order valence-electron chi connectivity index (χ4n) is 2.15. The van der Waals surface area contributed by atoms with Gasteiger partial charge in [-0.3, -0.25) is 0 Å². The average Bonchev–Trinajstić information content (AvgIpc) is 2.26. The summed E-state index contributed by atoms with van der Waals surface area (Å²) in [5.74, 6) is 0.556. The zero-order chi connectivity index (χ0) is 10.4. The van der Waals surface area contributed by atoms with Gasteiger partial charge in [0.15, 0.2) is 0 Å². The van der Waals surface area contributed by atoms with Gasteiger partial charge in [-0.15, -0.1) is 0 Å². The van der Waals surface area contributed by atoms with Gasteiger partial charge in [0.05, 0.1) is 6.10 Å². The van der Waals surface area contributed by atoms with Crippen molar-refractivity contribution in [1.82, 2.24) is 5.32 Å². The van der Waals surface area contributed by atoms with Crippen molar-refractivity contribution in [3.63, 3.8) is 0 Å². The molecule has 14 heavy (non-hydrogen) atoms. The molecule has 0 saturated heterocycles. The topological polar surface area (TPSA) is 32.3 Å². The fourth-order valence-corrected chi connectivity index (χ4v) is 2.15. The Kier molecular flexibility index (Phi) is 5.49. The third-order valence-corrected chi connectivity index (χ3v) is 3.48. The Hall–Kier alpha value is -0.0800. The van der Waals surface area contributed by atoms with E-state index in [4.69, 9.17) is 0 Å². The number of rotatable bonds is 5. The molecule has 1 saturated carbocycles. The standard InChI is InChI=1S/C12H25NO/c1-3-10(2)13-9-12(14)11-7-5-4-6-8-11/h10-14H,3-9H2,1-2H3. The first kappa shape index (κ1) is 12.0. The molecule has 2 atom stereocenters. The van der Waals surface area contributed by atoms with Crippen LogP contribution in [0, 0.1) is 5.92 Å². The molecule has 0 spiro atoms. The van der Waals surface area contributed by atoms with Gasteiger partial charge in [0, 0.05) is 12.6 Å². The van der Waals surface area contributed by atoms with Gasteiger partial charge < -0.3 is 10.4 Å². The SMILES string of the molecule is CCC(C)NCC(O)C1CCCCC1. The van der Waals surface area contributed by atoms with Gasteiger partial charge in [-0.2, -0.15) is 0 Å². The summed E-state index contributed by atoms with van der Waals surface area (Å²) in [5, 5.41) is 13.3. The predicted octanol–water partition coefficient (Wildman–Crippen LogP) is 2.32. The normalized spacial score (nSPS) is 23.4. The van der Waals surface area contributed by atoms with Crippen LogP contribution < -0.4 is 5.32 Å². The first-order chi connectivity index (χ1) is 6.74. The van der Waals surface area contributed by atoms with Crippen molar-refractivity contribution in [3.05, 3.63) is 0 Å². The molecule has 0 bridgehead atoms. The van der Waals surface area contributed by atoms with Gasteiger partial charge >= 0.3 is 0 Å². The van der Waals surface area contributed by atoms with E-state index in [1.807, 2.05) is 0 Å². The second kappa shape index (κ2) is 6.41. The first-order valence-corrected chi connectivity index (χ1v) is 6.15. The highest BCUT2D eigenvalue weighted by Crippen LogP contribution is 2.26.